The van der Waals surface area contributed by atoms with Gasteiger partial charge in [-0.3, -0.25) is 0 Å². The fourth-order valence-electron chi connectivity index (χ4n) is 2.00. The van der Waals surface area contributed by atoms with Gasteiger partial charge in [0.2, 0.25) is 0 Å². The Kier molecular flexibility index (Phi) is 7.72. The van der Waals surface area contributed by atoms with Crippen molar-refractivity contribution in [3.63, 3.8) is 0 Å². The number of rotatable bonds is 10. The second-order valence-corrected chi connectivity index (χ2v) is 4.60. The van der Waals surface area contributed by atoms with E-state index >= 15 is 0 Å². The number of hydrogen-bond acceptors (Lipinski definition) is 2. The van der Waals surface area contributed by atoms with Crippen LogP contribution in [-0.4, -0.2) is 22.6 Å². The van der Waals surface area contributed by atoms with Crippen LogP contribution in [0.25, 0.3) is 0 Å². The third kappa shape index (κ3) is 5.87. The third-order valence-electron chi connectivity index (χ3n) is 3.01. The summed E-state index contributed by atoms with van der Waals surface area (Å²) in [6, 6.07) is 0. The van der Waals surface area contributed by atoms with E-state index in [0.29, 0.717) is 0 Å². The van der Waals surface area contributed by atoms with Crippen LogP contribution in [0.3, 0.4) is 0 Å². The average Bonchev–Trinajstić information content (AvgIpc) is 2.76. The highest BCUT2D eigenvalue weighted by atomic mass is 15.1. The maximum Gasteiger partial charge on any atom is 0.108 e. The molecule has 3 heteroatoms. The lowest BCUT2D eigenvalue weighted by Gasteiger charge is -2.08. The molecule has 0 aliphatic heterocycles. The van der Waals surface area contributed by atoms with Crippen molar-refractivity contribution in [3.05, 3.63) is 18.2 Å². The van der Waals surface area contributed by atoms with Crippen molar-refractivity contribution >= 4 is 0 Å². The van der Waals surface area contributed by atoms with Gasteiger partial charge >= 0.3 is 0 Å². The molecule has 1 rings (SSSR count). The minimum atomic E-state index is 1.04. The Balaban J connectivity index is 2.07. The van der Waals surface area contributed by atoms with Crippen molar-refractivity contribution in [2.75, 3.05) is 13.1 Å². The molecule has 0 bridgehead atoms. The van der Waals surface area contributed by atoms with Crippen LogP contribution >= 0.6 is 0 Å². The molecule has 1 heterocycles. The van der Waals surface area contributed by atoms with Crippen LogP contribution in [0.1, 0.15) is 51.8 Å². The first kappa shape index (κ1) is 14.2. The monoisotopic (exact) mass is 237 g/mol. The van der Waals surface area contributed by atoms with E-state index in [1.54, 1.807) is 0 Å². The molecule has 0 aliphatic rings. The molecule has 1 aromatic heterocycles. The number of unbranched alkanes of at least 4 members (excludes halogenated alkanes) is 3. The number of nitrogens with one attached hydrogen (secondary N) is 1. The molecular weight excluding hydrogens is 210 g/mol. The standard InChI is InChI=1S/C14H27N3/c1-3-5-6-7-9-15-10-12-17-13-11-16-14(17)8-4-2/h11,13,15H,3-10,12H2,1-2H3. The molecule has 98 valence electrons. The van der Waals surface area contributed by atoms with Gasteiger partial charge < -0.3 is 9.88 Å². The van der Waals surface area contributed by atoms with Crippen LogP contribution in [0.4, 0.5) is 0 Å². The van der Waals surface area contributed by atoms with E-state index in [0.717, 1.165) is 26.1 Å². The van der Waals surface area contributed by atoms with Crippen LogP contribution in [-0.2, 0) is 13.0 Å². The molecule has 0 aromatic carbocycles. The second kappa shape index (κ2) is 9.23. The minimum Gasteiger partial charge on any atom is -0.334 e. The van der Waals surface area contributed by atoms with Crippen molar-refractivity contribution in [3.8, 4) is 0 Å². The molecule has 0 amide bonds. The van der Waals surface area contributed by atoms with Gasteiger partial charge in [-0.05, 0) is 19.4 Å². The van der Waals surface area contributed by atoms with E-state index in [2.05, 4.69) is 34.9 Å². The van der Waals surface area contributed by atoms with Crippen LogP contribution in [0, 0.1) is 0 Å². The Morgan fingerprint density at radius 3 is 2.76 bits per heavy atom. The molecular formula is C14H27N3. The van der Waals surface area contributed by atoms with Crippen molar-refractivity contribution in [2.24, 2.45) is 0 Å². The first-order chi connectivity index (χ1) is 8.38. The van der Waals surface area contributed by atoms with Gasteiger partial charge in [-0.15, -0.1) is 0 Å². The summed E-state index contributed by atoms with van der Waals surface area (Å²) >= 11 is 0. The lowest BCUT2D eigenvalue weighted by atomic mass is 10.2. The van der Waals surface area contributed by atoms with Gasteiger partial charge in [-0.1, -0.05) is 33.1 Å². The van der Waals surface area contributed by atoms with E-state index in [1.807, 2.05) is 6.20 Å². The first-order valence-electron chi connectivity index (χ1n) is 7.09. The Bertz CT molecular complexity index is 281. The molecule has 0 unspecified atom stereocenters. The molecule has 1 N–H and O–H groups in total. The van der Waals surface area contributed by atoms with Crippen molar-refractivity contribution in [1.82, 2.24) is 14.9 Å². The Morgan fingerprint density at radius 2 is 2.00 bits per heavy atom. The van der Waals surface area contributed by atoms with Crippen molar-refractivity contribution in [2.45, 2.75) is 58.9 Å². The van der Waals surface area contributed by atoms with E-state index in [-0.39, 0.29) is 0 Å². The zero-order valence-electron chi connectivity index (χ0n) is 11.4. The molecule has 0 spiro atoms. The summed E-state index contributed by atoms with van der Waals surface area (Å²) in [5, 5.41) is 3.50. The summed E-state index contributed by atoms with van der Waals surface area (Å²) in [5.41, 5.74) is 0. The van der Waals surface area contributed by atoms with Crippen molar-refractivity contribution in [1.29, 1.82) is 0 Å². The maximum atomic E-state index is 4.38. The predicted molar refractivity (Wildman–Crippen MR) is 73.2 cm³/mol. The van der Waals surface area contributed by atoms with Crippen LogP contribution in [0.5, 0.6) is 0 Å². The number of nitrogens with zero attached hydrogens (tertiary/aromatic N) is 2. The SMILES string of the molecule is CCCCCCNCCn1ccnc1CCC. The maximum absolute atomic E-state index is 4.38. The molecule has 3 nitrogen and oxygen atoms in total. The van der Waals surface area contributed by atoms with Crippen LogP contribution < -0.4 is 5.32 Å². The van der Waals surface area contributed by atoms with Gasteiger partial charge in [0.05, 0.1) is 0 Å². The van der Waals surface area contributed by atoms with E-state index in [4.69, 9.17) is 0 Å². The lowest BCUT2D eigenvalue weighted by Crippen LogP contribution is -2.21. The van der Waals surface area contributed by atoms with Gasteiger partial charge in [-0.2, -0.15) is 0 Å². The summed E-state index contributed by atoms with van der Waals surface area (Å²) in [6.07, 6.45) is 11.6. The summed E-state index contributed by atoms with van der Waals surface area (Å²) in [4.78, 5) is 4.38. The van der Waals surface area contributed by atoms with Gasteiger partial charge in [0.1, 0.15) is 5.82 Å². The van der Waals surface area contributed by atoms with Crippen LogP contribution in [0.15, 0.2) is 12.4 Å². The number of imidazole rings is 1. The van der Waals surface area contributed by atoms with E-state index in [9.17, 15) is 0 Å². The van der Waals surface area contributed by atoms with E-state index < -0.39 is 0 Å². The summed E-state index contributed by atoms with van der Waals surface area (Å²) in [6.45, 7) is 7.70. The highest BCUT2D eigenvalue weighted by Gasteiger charge is 2.00. The van der Waals surface area contributed by atoms with Gasteiger partial charge in [0.25, 0.3) is 0 Å². The molecule has 0 saturated heterocycles. The van der Waals surface area contributed by atoms with E-state index in [1.165, 1.54) is 37.9 Å². The first-order valence-corrected chi connectivity index (χ1v) is 7.09. The number of hydrogen-bond donors (Lipinski definition) is 1. The average molecular weight is 237 g/mol. The molecule has 0 aliphatic carbocycles. The molecule has 1 aromatic rings. The highest BCUT2D eigenvalue weighted by molar-refractivity contribution is 4.92. The number of aromatic nitrogens is 2. The minimum absolute atomic E-state index is 1.04. The molecule has 0 saturated carbocycles. The zero-order valence-corrected chi connectivity index (χ0v) is 11.4. The normalized spacial score (nSPS) is 10.9. The summed E-state index contributed by atoms with van der Waals surface area (Å²) < 4.78 is 2.27. The Morgan fingerprint density at radius 1 is 1.12 bits per heavy atom. The molecule has 0 atom stereocenters. The Hall–Kier alpha value is -0.830. The second-order valence-electron chi connectivity index (χ2n) is 4.60. The fourth-order valence-corrected chi connectivity index (χ4v) is 2.00. The van der Waals surface area contributed by atoms with Gasteiger partial charge in [-0.25, -0.2) is 4.98 Å². The zero-order chi connectivity index (χ0) is 12.3. The molecule has 0 radical (unpaired) electrons. The Labute approximate surface area is 106 Å². The smallest absolute Gasteiger partial charge is 0.108 e. The molecule has 0 fully saturated rings. The number of aryl methyl sites for hydroxylation is 1. The fraction of sp³-hybridized carbons (Fsp3) is 0.786. The predicted octanol–water partition coefficient (Wildman–Crippen LogP) is 3.01. The third-order valence-corrected chi connectivity index (χ3v) is 3.01. The van der Waals surface area contributed by atoms with Gasteiger partial charge in [0.15, 0.2) is 0 Å². The topological polar surface area (TPSA) is 29.9 Å². The molecule has 17 heavy (non-hydrogen) atoms. The summed E-state index contributed by atoms with van der Waals surface area (Å²) in [7, 11) is 0. The quantitative estimate of drug-likeness (QED) is 0.634. The largest absolute Gasteiger partial charge is 0.334 e. The van der Waals surface area contributed by atoms with Crippen molar-refractivity contribution < 1.29 is 0 Å². The lowest BCUT2D eigenvalue weighted by molar-refractivity contribution is 0.549. The highest BCUT2D eigenvalue weighted by Crippen LogP contribution is 2.01. The van der Waals surface area contributed by atoms with Crippen LogP contribution in [0.2, 0.25) is 0 Å². The summed E-state index contributed by atoms with van der Waals surface area (Å²) in [5.74, 6) is 1.22. The van der Waals surface area contributed by atoms with Gasteiger partial charge in [0, 0.05) is 31.9 Å².